The Morgan fingerprint density at radius 1 is 1.50 bits per heavy atom. The first-order valence-corrected chi connectivity index (χ1v) is 5.30. The zero-order chi connectivity index (χ0) is 10.6. The summed E-state index contributed by atoms with van der Waals surface area (Å²) in [5.41, 5.74) is 1.91. The van der Waals surface area contributed by atoms with Crippen LogP contribution in [0.15, 0.2) is 0 Å². The first-order valence-electron chi connectivity index (χ1n) is 4.92. The van der Waals surface area contributed by atoms with Crippen molar-refractivity contribution in [2.75, 3.05) is 0 Å². The highest BCUT2D eigenvalue weighted by atomic mass is 35.5. The third kappa shape index (κ3) is 2.15. The molecular weight excluding hydrogens is 200 g/mol. The number of aryl methyl sites for hydroxylation is 2. The predicted molar refractivity (Wildman–Crippen MR) is 56.7 cm³/mol. The summed E-state index contributed by atoms with van der Waals surface area (Å²) in [6.45, 7) is 4.85. The lowest BCUT2D eigenvalue weighted by Gasteiger charge is -2.01. The fourth-order valence-electron chi connectivity index (χ4n) is 1.45. The van der Waals surface area contributed by atoms with Gasteiger partial charge in [-0.2, -0.15) is 5.10 Å². The molecule has 1 aromatic rings. The maximum atomic E-state index is 10.3. The van der Waals surface area contributed by atoms with Gasteiger partial charge in [-0.15, -0.1) is 0 Å². The van der Waals surface area contributed by atoms with Crippen LogP contribution in [0, 0.1) is 0 Å². The molecule has 1 rings (SSSR count). The first kappa shape index (κ1) is 11.2. The molecule has 1 aromatic heterocycles. The van der Waals surface area contributed by atoms with Crippen LogP contribution in [0.1, 0.15) is 31.7 Å². The van der Waals surface area contributed by atoms with Crippen molar-refractivity contribution in [2.45, 2.75) is 39.7 Å². The molecule has 14 heavy (non-hydrogen) atoms. The molecule has 3 nitrogen and oxygen atoms in total. The molecule has 0 radical (unpaired) electrons. The summed E-state index contributed by atoms with van der Waals surface area (Å²) in [5, 5.41) is 5.10. The van der Waals surface area contributed by atoms with E-state index in [1.165, 1.54) is 0 Å². The molecule has 0 bridgehead atoms. The van der Waals surface area contributed by atoms with E-state index in [0.29, 0.717) is 12.8 Å². The molecule has 4 heteroatoms. The molecule has 0 spiro atoms. The van der Waals surface area contributed by atoms with Gasteiger partial charge in [0.05, 0.1) is 16.4 Å². The second-order valence-electron chi connectivity index (χ2n) is 3.08. The normalized spacial score (nSPS) is 10.5. The van der Waals surface area contributed by atoms with E-state index in [9.17, 15) is 4.79 Å². The van der Waals surface area contributed by atoms with Crippen LogP contribution in [-0.2, 0) is 24.2 Å². The monoisotopic (exact) mass is 214 g/mol. The van der Waals surface area contributed by atoms with Gasteiger partial charge in [0.25, 0.3) is 0 Å². The van der Waals surface area contributed by atoms with E-state index in [4.69, 9.17) is 11.6 Å². The highest BCUT2D eigenvalue weighted by Crippen LogP contribution is 2.22. The average Bonchev–Trinajstić information content (AvgIpc) is 2.52. The third-order valence-electron chi connectivity index (χ3n) is 2.19. The number of halogens is 1. The zero-order valence-electron chi connectivity index (χ0n) is 8.59. The first-order chi connectivity index (χ1) is 6.74. The van der Waals surface area contributed by atoms with Gasteiger partial charge >= 0.3 is 0 Å². The van der Waals surface area contributed by atoms with E-state index in [1.807, 2.05) is 18.5 Å². The van der Waals surface area contributed by atoms with E-state index in [2.05, 4.69) is 5.10 Å². The Hall–Kier alpha value is -0.830. The number of hydrogen-bond donors (Lipinski definition) is 0. The minimum Gasteiger partial charge on any atom is -0.303 e. The van der Waals surface area contributed by atoms with Gasteiger partial charge < -0.3 is 4.79 Å². The van der Waals surface area contributed by atoms with Crippen molar-refractivity contribution >= 4 is 17.9 Å². The minimum absolute atomic E-state index is 0.508. The molecule has 0 N–H and O–H groups in total. The largest absolute Gasteiger partial charge is 0.303 e. The number of aromatic nitrogens is 2. The fraction of sp³-hybridized carbons (Fsp3) is 0.600. The highest BCUT2D eigenvalue weighted by molar-refractivity contribution is 6.31. The van der Waals surface area contributed by atoms with Crippen molar-refractivity contribution in [3.63, 3.8) is 0 Å². The Morgan fingerprint density at radius 3 is 2.71 bits per heavy atom. The van der Waals surface area contributed by atoms with Gasteiger partial charge in [0, 0.05) is 13.0 Å². The highest BCUT2D eigenvalue weighted by Gasteiger charge is 2.13. The number of carbonyl (C=O) groups excluding carboxylic acids is 1. The van der Waals surface area contributed by atoms with E-state index < -0.39 is 0 Å². The summed E-state index contributed by atoms with van der Waals surface area (Å²) < 4.78 is 1.88. The molecule has 0 atom stereocenters. The van der Waals surface area contributed by atoms with E-state index >= 15 is 0 Å². The molecule has 0 aliphatic heterocycles. The summed E-state index contributed by atoms with van der Waals surface area (Å²) in [6, 6.07) is 0. The number of nitrogens with zero attached hydrogens (tertiary/aromatic N) is 2. The molecule has 0 aliphatic carbocycles. The van der Waals surface area contributed by atoms with Gasteiger partial charge in [0.15, 0.2) is 0 Å². The van der Waals surface area contributed by atoms with Gasteiger partial charge in [-0.05, 0) is 19.8 Å². The minimum atomic E-state index is 0.508. The molecule has 0 unspecified atom stereocenters. The molecule has 0 amide bonds. The Kier molecular flexibility index (Phi) is 4.14. The molecule has 0 fully saturated rings. The Balaban J connectivity index is 2.97. The van der Waals surface area contributed by atoms with E-state index in [-0.39, 0.29) is 0 Å². The van der Waals surface area contributed by atoms with Crippen LogP contribution in [0.4, 0.5) is 0 Å². The summed E-state index contributed by atoms with van der Waals surface area (Å²) in [4.78, 5) is 10.3. The molecule has 0 saturated heterocycles. The van der Waals surface area contributed by atoms with Crippen molar-refractivity contribution in [1.82, 2.24) is 9.78 Å². The lowest BCUT2D eigenvalue weighted by atomic mass is 10.2. The van der Waals surface area contributed by atoms with Gasteiger partial charge in [0.1, 0.15) is 6.29 Å². The molecule has 0 saturated carbocycles. The van der Waals surface area contributed by atoms with E-state index in [1.54, 1.807) is 0 Å². The van der Waals surface area contributed by atoms with Crippen LogP contribution in [0.3, 0.4) is 0 Å². The quantitative estimate of drug-likeness (QED) is 0.705. The van der Waals surface area contributed by atoms with Gasteiger partial charge in [-0.1, -0.05) is 18.5 Å². The Labute approximate surface area is 89.1 Å². The molecule has 0 aromatic carbocycles. The lowest BCUT2D eigenvalue weighted by Crippen LogP contribution is -2.03. The third-order valence-corrected chi connectivity index (χ3v) is 2.63. The van der Waals surface area contributed by atoms with Crippen LogP contribution in [0.5, 0.6) is 0 Å². The Morgan fingerprint density at radius 2 is 2.21 bits per heavy atom. The van der Waals surface area contributed by atoms with Gasteiger partial charge in [0.2, 0.25) is 0 Å². The fourth-order valence-corrected chi connectivity index (χ4v) is 1.82. The molecule has 1 heterocycles. The number of carbonyl (C=O) groups is 1. The topological polar surface area (TPSA) is 34.9 Å². The predicted octanol–water partition coefficient (Wildman–Crippen LogP) is 2.25. The number of rotatable bonds is 5. The van der Waals surface area contributed by atoms with Crippen LogP contribution in [0.2, 0.25) is 5.02 Å². The van der Waals surface area contributed by atoms with Crippen molar-refractivity contribution in [2.24, 2.45) is 0 Å². The van der Waals surface area contributed by atoms with Crippen molar-refractivity contribution in [1.29, 1.82) is 0 Å². The van der Waals surface area contributed by atoms with Crippen LogP contribution in [-0.4, -0.2) is 16.1 Å². The second kappa shape index (κ2) is 5.15. The van der Waals surface area contributed by atoms with E-state index in [0.717, 1.165) is 35.7 Å². The average molecular weight is 215 g/mol. The van der Waals surface area contributed by atoms with Gasteiger partial charge in [-0.3, -0.25) is 4.68 Å². The molecule has 0 aliphatic rings. The number of hydrogen-bond acceptors (Lipinski definition) is 2. The van der Waals surface area contributed by atoms with Crippen molar-refractivity contribution in [3.05, 3.63) is 16.4 Å². The smallest absolute Gasteiger partial charge is 0.120 e. The van der Waals surface area contributed by atoms with Crippen molar-refractivity contribution < 1.29 is 4.79 Å². The number of aldehydes is 1. The maximum Gasteiger partial charge on any atom is 0.120 e. The lowest BCUT2D eigenvalue weighted by molar-refractivity contribution is -0.107. The summed E-state index contributed by atoms with van der Waals surface area (Å²) >= 11 is 6.14. The molecular formula is C10H15ClN2O. The Bertz CT molecular complexity index is 320. The van der Waals surface area contributed by atoms with Gasteiger partial charge in [-0.25, -0.2) is 0 Å². The summed E-state index contributed by atoms with van der Waals surface area (Å²) in [6.07, 6.45) is 2.94. The van der Waals surface area contributed by atoms with Crippen LogP contribution < -0.4 is 0 Å². The van der Waals surface area contributed by atoms with Crippen molar-refractivity contribution in [3.8, 4) is 0 Å². The summed E-state index contributed by atoms with van der Waals surface area (Å²) in [7, 11) is 0. The SMILES string of the molecule is CCc1nn(CC)c(CCC=O)c1Cl. The summed E-state index contributed by atoms with van der Waals surface area (Å²) in [5.74, 6) is 0. The maximum absolute atomic E-state index is 10.3. The molecule has 78 valence electrons. The second-order valence-corrected chi connectivity index (χ2v) is 3.46. The van der Waals surface area contributed by atoms with Crippen LogP contribution >= 0.6 is 11.6 Å². The zero-order valence-corrected chi connectivity index (χ0v) is 9.34. The van der Waals surface area contributed by atoms with Crippen LogP contribution in [0.25, 0.3) is 0 Å². The standard InChI is InChI=1S/C10H15ClN2O/c1-3-8-10(11)9(6-5-7-14)13(4-2)12-8/h7H,3-6H2,1-2H3.